The molecule has 0 atom stereocenters. The number of hydrogen-bond donors (Lipinski definition) is 2. The second-order valence-electron chi connectivity index (χ2n) is 6.94. The highest BCUT2D eigenvalue weighted by atomic mass is 35.5. The Bertz CT molecular complexity index is 1240. The minimum absolute atomic E-state index is 0.0205. The summed E-state index contributed by atoms with van der Waals surface area (Å²) in [5, 5.41) is 5.67. The fourth-order valence-corrected chi connectivity index (χ4v) is 5.63. The van der Waals surface area contributed by atoms with E-state index in [1.165, 1.54) is 12.1 Å². The lowest BCUT2D eigenvalue weighted by molar-refractivity contribution is 0.102. The molecular formula is C20H17Cl2N3O3S2. The molecular weight excluding hydrogens is 465 g/mol. The summed E-state index contributed by atoms with van der Waals surface area (Å²) in [5.41, 5.74) is 2.23. The van der Waals surface area contributed by atoms with Gasteiger partial charge in [0, 0.05) is 22.7 Å². The van der Waals surface area contributed by atoms with Crippen LogP contribution in [0.25, 0.3) is 11.3 Å². The van der Waals surface area contributed by atoms with Gasteiger partial charge in [-0.05, 0) is 44.0 Å². The van der Waals surface area contributed by atoms with Crippen molar-refractivity contribution in [1.82, 2.24) is 9.71 Å². The lowest BCUT2D eigenvalue weighted by atomic mass is 10.1. The number of carbonyl (C=O) groups excluding carboxylic acids is 1. The molecule has 1 saturated carbocycles. The van der Waals surface area contributed by atoms with E-state index in [9.17, 15) is 13.2 Å². The minimum Gasteiger partial charge on any atom is -0.322 e. The quantitative estimate of drug-likeness (QED) is 0.511. The number of sulfonamides is 1. The molecule has 0 aliphatic heterocycles. The van der Waals surface area contributed by atoms with Crippen LogP contribution >= 0.6 is 34.5 Å². The Morgan fingerprint density at radius 3 is 2.60 bits per heavy atom. The highest BCUT2D eigenvalue weighted by Gasteiger charge is 2.30. The van der Waals surface area contributed by atoms with Crippen molar-refractivity contribution in [2.45, 2.75) is 30.7 Å². The van der Waals surface area contributed by atoms with Crippen molar-refractivity contribution in [3.05, 3.63) is 62.4 Å². The zero-order valence-corrected chi connectivity index (χ0v) is 18.9. The van der Waals surface area contributed by atoms with Crippen molar-refractivity contribution in [3.8, 4) is 11.3 Å². The van der Waals surface area contributed by atoms with E-state index in [1.807, 2.05) is 18.4 Å². The number of halogens is 2. The lowest BCUT2D eigenvalue weighted by Gasteiger charge is -2.12. The van der Waals surface area contributed by atoms with Gasteiger partial charge in [0.2, 0.25) is 10.0 Å². The summed E-state index contributed by atoms with van der Waals surface area (Å²) >= 11 is 13.8. The van der Waals surface area contributed by atoms with Crippen molar-refractivity contribution in [1.29, 1.82) is 0 Å². The summed E-state index contributed by atoms with van der Waals surface area (Å²) in [4.78, 5) is 17.1. The predicted molar refractivity (Wildman–Crippen MR) is 120 cm³/mol. The molecule has 2 aromatic carbocycles. The van der Waals surface area contributed by atoms with Crippen molar-refractivity contribution in [3.63, 3.8) is 0 Å². The number of anilines is 1. The van der Waals surface area contributed by atoms with Gasteiger partial charge < -0.3 is 5.32 Å². The molecule has 1 aliphatic rings. The van der Waals surface area contributed by atoms with E-state index in [1.54, 1.807) is 29.5 Å². The zero-order chi connectivity index (χ0) is 21.5. The Morgan fingerprint density at radius 1 is 1.17 bits per heavy atom. The summed E-state index contributed by atoms with van der Waals surface area (Å²) in [6.45, 7) is 1.92. The van der Waals surface area contributed by atoms with Gasteiger partial charge in [0.15, 0.2) is 0 Å². The maximum Gasteiger partial charge on any atom is 0.257 e. The maximum absolute atomic E-state index is 12.8. The number of rotatable bonds is 6. The average Bonchev–Trinajstić information content (AvgIpc) is 3.37. The molecule has 1 amide bonds. The van der Waals surface area contributed by atoms with Gasteiger partial charge in [0.05, 0.1) is 26.3 Å². The van der Waals surface area contributed by atoms with Crippen LogP contribution in [0.15, 0.2) is 46.7 Å². The number of aryl methyl sites for hydroxylation is 1. The van der Waals surface area contributed by atoms with E-state index in [2.05, 4.69) is 15.0 Å². The molecule has 0 bridgehead atoms. The molecule has 1 aromatic heterocycles. The van der Waals surface area contributed by atoms with Gasteiger partial charge in [0.1, 0.15) is 4.90 Å². The third-order valence-electron chi connectivity index (χ3n) is 4.49. The Labute approximate surface area is 188 Å². The van der Waals surface area contributed by atoms with Gasteiger partial charge in [-0.1, -0.05) is 35.3 Å². The largest absolute Gasteiger partial charge is 0.322 e. The summed E-state index contributed by atoms with van der Waals surface area (Å²) in [6.07, 6.45) is 1.57. The van der Waals surface area contributed by atoms with Crippen molar-refractivity contribution in [2.75, 3.05) is 5.32 Å². The second-order valence-corrected chi connectivity index (χ2v) is 10.5. The molecule has 2 N–H and O–H groups in total. The number of amides is 1. The van der Waals surface area contributed by atoms with Gasteiger partial charge in [-0.25, -0.2) is 18.1 Å². The first-order valence-electron chi connectivity index (χ1n) is 9.08. The van der Waals surface area contributed by atoms with Crippen LogP contribution in [-0.2, 0) is 10.0 Å². The molecule has 1 heterocycles. The molecule has 1 fully saturated rings. The fourth-order valence-electron chi connectivity index (χ4n) is 2.84. The van der Waals surface area contributed by atoms with E-state index < -0.39 is 15.9 Å². The van der Waals surface area contributed by atoms with Crippen molar-refractivity contribution in [2.24, 2.45) is 0 Å². The van der Waals surface area contributed by atoms with Crippen LogP contribution in [0, 0.1) is 6.92 Å². The Balaban J connectivity index is 1.61. The van der Waals surface area contributed by atoms with Gasteiger partial charge >= 0.3 is 0 Å². The molecule has 0 saturated heterocycles. The van der Waals surface area contributed by atoms with Crippen LogP contribution in [0.1, 0.15) is 28.2 Å². The highest BCUT2D eigenvalue weighted by molar-refractivity contribution is 7.89. The van der Waals surface area contributed by atoms with E-state index in [0.717, 1.165) is 29.1 Å². The summed E-state index contributed by atoms with van der Waals surface area (Å²) < 4.78 is 27.7. The third-order valence-corrected chi connectivity index (χ3v) is 7.56. The van der Waals surface area contributed by atoms with E-state index in [-0.39, 0.29) is 26.5 Å². The number of nitrogens with zero attached hydrogens (tertiary/aromatic N) is 1. The molecule has 3 aromatic rings. The van der Waals surface area contributed by atoms with E-state index >= 15 is 0 Å². The maximum atomic E-state index is 12.8. The van der Waals surface area contributed by atoms with Crippen molar-refractivity contribution >= 4 is 56.2 Å². The fraction of sp³-hybridized carbons (Fsp3) is 0.200. The number of nitrogens with one attached hydrogen (secondary N) is 2. The van der Waals surface area contributed by atoms with Crippen LogP contribution in [0.2, 0.25) is 10.0 Å². The SMILES string of the molecule is Cc1nc(-c2cccc(NC(=O)c3cc(S(=O)(=O)NC4CC4)c(Cl)cc3Cl)c2)cs1. The number of hydrogen-bond acceptors (Lipinski definition) is 5. The van der Waals surface area contributed by atoms with Gasteiger partial charge in [0.25, 0.3) is 5.91 Å². The first-order chi connectivity index (χ1) is 14.2. The molecule has 1 aliphatic carbocycles. The number of benzene rings is 2. The first-order valence-corrected chi connectivity index (χ1v) is 12.2. The normalized spacial score (nSPS) is 14.0. The van der Waals surface area contributed by atoms with Crippen LogP contribution < -0.4 is 10.0 Å². The molecule has 10 heteroatoms. The molecule has 6 nitrogen and oxygen atoms in total. The predicted octanol–water partition coefficient (Wildman–Crippen LogP) is 5.12. The average molecular weight is 482 g/mol. The zero-order valence-electron chi connectivity index (χ0n) is 15.8. The van der Waals surface area contributed by atoms with Gasteiger partial charge in [-0.15, -0.1) is 11.3 Å². The number of thiazole rings is 1. The monoisotopic (exact) mass is 481 g/mol. The van der Waals surface area contributed by atoms with Crippen LogP contribution in [0.4, 0.5) is 5.69 Å². The molecule has 0 spiro atoms. The molecule has 0 unspecified atom stereocenters. The number of carbonyl (C=O) groups is 1. The first kappa shape index (κ1) is 21.3. The Hall–Kier alpha value is -1.97. The standard InChI is InChI=1S/C20H17Cl2N3O3S2/c1-11-23-18(10-29-11)12-3-2-4-14(7-12)24-20(26)15-8-19(17(22)9-16(15)21)30(27,28)25-13-5-6-13/h2-4,7-10,13,25H,5-6H2,1H3,(H,24,26). The highest BCUT2D eigenvalue weighted by Crippen LogP contribution is 2.31. The second kappa shape index (κ2) is 8.28. The van der Waals surface area contributed by atoms with Crippen molar-refractivity contribution < 1.29 is 13.2 Å². The molecule has 30 heavy (non-hydrogen) atoms. The van der Waals surface area contributed by atoms with Gasteiger partial charge in [-0.3, -0.25) is 4.79 Å². The summed E-state index contributed by atoms with van der Waals surface area (Å²) in [5.74, 6) is -0.536. The Morgan fingerprint density at radius 2 is 1.93 bits per heavy atom. The van der Waals surface area contributed by atoms with E-state index in [4.69, 9.17) is 23.2 Å². The minimum atomic E-state index is -3.84. The smallest absolute Gasteiger partial charge is 0.257 e. The lowest BCUT2D eigenvalue weighted by Crippen LogP contribution is -2.26. The van der Waals surface area contributed by atoms with Crippen LogP contribution in [0.3, 0.4) is 0 Å². The molecule has 0 radical (unpaired) electrons. The summed E-state index contributed by atoms with van der Waals surface area (Å²) in [7, 11) is -3.84. The summed E-state index contributed by atoms with van der Waals surface area (Å²) in [6, 6.07) is 9.62. The topological polar surface area (TPSA) is 88.2 Å². The van der Waals surface area contributed by atoms with Gasteiger partial charge in [-0.2, -0.15) is 0 Å². The molecule has 4 rings (SSSR count). The molecule has 156 valence electrons. The van der Waals surface area contributed by atoms with Crippen LogP contribution in [-0.4, -0.2) is 25.4 Å². The number of aromatic nitrogens is 1. The van der Waals surface area contributed by atoms with E-state index in [0.29, 0.717) is 5.69 Å². The van der Waals surface area contributed by atoms with Crippen LogP contribution in [0.5, 0.6) is 0 Å². The third kappa shape index (κ3) is 4.68. The Kier molecular flexibility index (Phi) is 5.87.